The lowest BCUT2D eigenvalue weighted by Gasteiger charge is -2.19. The zero-order valence-corrected chi connectivity index (χ0v) is 15.1. The summed E-state index contributed by atoms with van der Waals surface area (Å²) in [6.07, 6.45) is 0. The Labute approximate surface area is 154 Å². The smallest absolute Gasteiger partial charge is 0.408 e. The Balaban J connectivity index is 1.85. The van der Waals surface area contributed by atoms with Gasteiger partial charge in [-0.2, -0.15) is 0 Å². The Morgan fingerprint density at radius 2 is 1.88 bits per heavy atom. The molecule has 0 unspecified atom stereocenters. The van der Waals surface area contributed by atoms with E-state index in [0.717, 1.165) is 5.56 Å². The van der Waals surface area contributed by atoms with Gasteiger partial charge in [-0.3, -0.25) is 9.36 Å². The third kappa shape index (κ3) is 3.43. The van der Waals surface area contributed by atoms with Gasteiger partial charge in [-0.1, -0.05) is 41.4 Å². The van der Waals surface area contributed by atoms with Crippen LogP contribution in [0.2, 0.25) is 10.0 Å². The molecular formula is C18H16Cl2N2O3. The fraction of sp³-hybridized carbons (Fsp3) is 0.222. The summed E-state index contributed by atoms with van der Waals surface area (Å²) in [5.74, 6) is -0.881. The minimum atomic E-state index is -0.732. The van der Waals surface area contributed by atoms with Gasteiger partial charge in [-0.25, -0.2) is 4.79 Å². The van der Waals surface area contributed by atoms with Crippen molar-refractivity contribution in [3.63, 3.8) is 0 Å². The number of oxazole rings is 1. The van der Waals surface area contributed by atoms with Crippen LogP contribution in [0.3, 0.4) is 0 Å². The minimum absolute atomic E-state index is 0.313. The monoisotopic (exact) mass is 378 g/mol. The molecule has 2 aromatic carbocycles. The Morgan fingerprint density at radius 3 is 2.60 bits per heavy atom. The summed E-state index contributed by atoms with van der Waals surface area (Å²) < 4.78 is 6.52. The second-order valence-corrected chi connectivity index (χ2v) is 6.62. The zero-order chi connectivity index (χ0) is 18.1. The maximum Gasteiger partial charge on any atom is 0.420 e. The van der Waals surface area contributed by atoms with Crippen molar-refractivity contribution in [2.45, 2.75) is 25.9 Å². The van der Waals surface area contributed by atoms with E-state index >= 15 is 0 Å². The highest BCUT2D eigenvalue weighted by Crippen LogP contribution is 2.26. The van der Waals surface area contributed by atoms with E-state index in [4.69, 9.17) is 27.6 Å². The van der Waals surface area contributed by atoms with Gasteiger partial charge < -0.3 is 9.73 Å². The first-order chi connectivity index (χ1) is 11.9. The standard InChI is InChI=1S/C18H16Cl2N2O3/c1-10(13-8-7-12(19)9-14(13)20)21-17(23)11(2)22-15-5-3-4-6-16(15)25-18(22)24/h3-11H,1-2H3,(H,21,23)/t10-,11-/m1/s1. The lowest BCUT2D eigenvalue weighted by Crippen LogP contribution is -2.35. The first-order valence-corrected chi connectivity index (χ1v) is 8.49. The molecule has 1 aromatic heterocycles. The van der Waals surface area contributed by atoms with E-state index in [1.807, 2.05) is 6.92 Å². The molecule has 7 heteroatoms. The molecule has 5 nitrogen and oxygen atoms in total. The molecule has 0 aliphatic rings. The number of carbonyl (C=O) groups excluding carboxylic acids is 1. The molecule has 0 bridgehead atoms. The number of rotatable bonds is 4. The first kappa shape index (κ1) is 17.6. The summed E-state index contributed by atoms with van der Waals surface area (Å²) in [6, 6.07) is 11.0. The van der Waals surface area contributed by atoms with Crippen molar-refractivity contribution in [1.82, 2.24) is 9.88 Å². The van der Waals surface area contributed by atoms with E-state index in [9.17, 15) is 9.59 Å². The highest BCUT2D eigenvalue weighted by Gasteiger charge is 2.23. The first-order valence-electron chi connectivity index (χ1n) is 7.74. The van der Waals surface area contributed by atoms with Gasteiger partial charge in [0, 0.05) is 10.0 Å². The SMILES string of the molecule is C[C@H](C(=O)N[C@H](C)c1ccc(Cl)cc1Cl)n1c(=O)oc2ccccc21. The topological polar surface area (TPSA) is 64.2 Å². The van der Waals surface area contributed by atoms with Crippen molar-refractivity contribution in [3.05, 3.63) is 68.6 Å². The molecule has 0 saturated carbocycles. The van der Waals surface area contributed by atoms with E-state index in [2.05, 4.69) is 5.32 Å². The summed E-state index contributed by atoms with van der Waals surface area (Å²) in [7, 11) is 0. The number of nitrogens with one attached hydrogen (secondary N) is 1. The van der Waals surface area contributed by atoms with Crippen LogP contribution in [-0.2, 0) is 4.79 Å². The Kier molecular flexibility index (Phi) is 4.88. The summed E-state index contributed by atoms with van der Waals surface area (Å²) in [5, 5.41) is 3.86. The van der Waals surface area contributed by atoms with Crippen molar-refractivity contribution < 1.29 is 9.21 Å². The van der Waals surface area contributed by atoms with Gasteiger partial charge in [0.05, 0.1) is 11.6 Å². The Morgan fingerprint density at radius 1 is 1.16 bits per heavy atom. The van der Waals surface area contributed by atoms with Crippen LogP contribution in [0.4, 0.5) is 0 Å². The van der Waals surface area contributed by atoms with Gasteiger partial charge in [0.2, 0.25) is 5.91 Å². The van der Waals surface area contributed by atoms with E-state index in [1.165, 1.54) is 4.57 Å². The number of hydrogen-bond donors (Lipinski definition) is 1. The number of halogens is 2. The number of aromatic nitrogens is 1. The zero-order valence-electron chi connectivity index (χ0n) is 13.6. The number of nitrogens with zero attached hydrogens (tertiary/aromatic N) is 1. The van der Waals surface area contributed by atoms with Crippen molar-refractivity contribution in [2.75, 3.05) is 0 Å². The molecule has 1 N–H and O–H groups in total. The fourth-order valence-corrected chi connectivity index (χ4v) is 3.30. The number of benzene rings is 2. The van der Waals surface area contributed by atoms with Crippen LogP contribution in [0.1, 0.15) is 31.5 Å². The van der Waals surface area contributed by atoms with Gasteiger partial charge in [0.25, 0.3) is 0 Å². The predicted octanol–water partition coefficient (Wildman–Crippen LogP) is 4.34. The third-order valence-electron chi connectivity index (χ3n) is 4.07. The molecule has 0 saturated heterocycles. The van der Waals surface area contributed by atoms with Crippen LogP contribution in [-0.4, -0.2) is 10.5 Å². The highest BCUT2D eigenvalue weighted by atomic mass is 35.5. The third-order valence-corrected chi connectivity index (χ3v) is 4.64. The van der Waals surface area contributed by atoms with E-state index in [1.54, 1.807) is 49.4 Å². The van der Waals surface area contributed by atoms with Crippen LogP contribution in [0.25, 0.3) is 11.1 Å². The molecule has 0 fully saturated rings. The number of fused-ring (bicyclic) bond motifs is 1. The Bertz CT molecular complexity index is 993. The van der Waals surface area contributed by atoms with Crippen LogP contribution < -0.4 is 11.1 Å². The molecule has 3 rings (SSSR count). The van der Waals surface area contributed by atoms with Gasteiger partial charge in [0.15, 0.2) is 5.58 Å². The van der Waals surface area contributed by atoms with E-state index in [-0.39, 0.29) is 11.9 Å². The van der Waals surface area contributed by atoms with E-state index in [0.29, 0.717) is 21.1 Å². The summed E-state index contributed by atoms with van der Waals surface area (Å²) >= 11 is 12.1. The molecule has 130 valence electrons. The van der Waals surface area contributed by atoms with Crippen LogP contribution >= 0.6 is 23.2 Å². The van der Waals surface area contributed by atoms with Gasteiger partial charge >= 0.3 is 5.76 Å². The van der Waals surface area contributed by atoms with Crippen LogP contribution in [0, 0.1) is 0 Å². The molecule has 1 heterocycles. The van der Waals surface area contributed by atoms with Gasteiger partial charge in [-0.15, -0.1) is 0 Å². The van der Waals surface area contributed by atoms with Gasteiger partial charge in [-0.05, 0) is 43.7 Å². The fourth-order valence-electron chi connectivity index (χ4n) is 2.73. The van der Waals surface area contributed by atoms with Crippen molar-refractivity contribution in [3.8, 4) is 0 Å². The largest absolute Gasteiger partial charge is 0.420 e. The lowest BCUT2D eigenvalue weighted by atomic mass is 10.1. The summed E-state index contributed by atoms with van der Waals surface area (Å²) in [6.45, 7) is 3.46. The molecular weight excluding hydrogens is 363 g/mol. The van der Waals surface area contributed by atoms with Crippen molar-refractivity contribution in [1.29, 1.82) is 0 Å². The van der Waals surface area contributed by atoms with Crippen molar-refractivity contribution >= 4 is 40.2 Å². The molecule has 0 aliphatic heterocycles. The van der Waals surface area contributed by atoms with Crippen LogP contribution in [0.15, 0.2) is 51.7 Å². The average molecular weight is 379 g/mol. The number of carbonyl (C=O) groups is 1. The summed E-state index contributed by atoms with van der Waals surface area (Å²) in [5.41, 5.74) is 1.77. The maximum atomic E-state index is 12.6. The number of para-hydroxylation sites is 2. The van der Waals surface area contributed by atoms with Crippen molar-refractivity contribution in [2.24, 2.45) is 0 Å². The van der Waals surface area contributed by atoms with E-state index < -0.39 is 11.8 Å². The maximum absolute atomic E-state index is 12.6. The Hall–Kier alpha value is -2.24. The van der Waals surface area contributed by atoms with Crippen LogP contribution in [0.5, 0.6) is 0 Å². The summed E-state index contributed by atoms with van der Waals surface area (Å²) in [4.78, 5) is 24.7. The molecule has 2 atom stereocenters. The second-order valence-electron chi connectivity index (χ2n) is 5.78. The normalized spacial score (nSPS) is 13.6. The molecule has 0 spiro atoms. The predicted molar refractivity (Wildman–Crippen MR) is 98.2 cm³/mol. The number of hydrogen-bond acceptors (Lipinski definition) is 3. The van der Waals surface area contributed by atoms with Gasteiger partial charge in [0.1, 0.15) is 6.04 Å². The second kappa shape index (κ2) is 6.94. The average Bonchev–Trinajstić information content (AvgIpc) is 2.89. The quantitative estimate of drug-likeness (QED) is 0.734. The molecule has 0 radical (unpaired) electrons. The lowest BCUT2D eigenvalue weighted by molar-refractivity contribution is -0.124. The molecule has 0 aliphatic carbocycles. The minimum Gasteiger partial charge on any atom is -0.408 e. The number of amides is 1. The molecule has 3 aromatic rings. The molecule has 1 amide bonds. The molecule has 25 heavy (non-hydrogen) atoms. The highest BCUT2D eigenvalue weighted by molar-refractivity contribution is 6.35.